The minimum absolute atomic E-state index is 0.0746. The van der Waals surface area contributed by atoms with Gasteiger partial charge in [0.15, 0.2) is 29.9 Å². The molecule has 0 spiro atoms. The Morgan fingerprint density at radius 3 is 2.45 bits per heavy atom. The Labute approximate surface area is 182 Å². The van der Waals surface area contributed by atoms with E-state index in [1.54, 1.807) is 20.1 Å². The van der Waals surface area contributed by atoms with Crippen LogP contribution in [-0.4, -0.2) is 32.7 Å². The van der Waals surface area contributed by atoms with Gasteiger partial charge >= 0.3 is 0 Å². The summed E-state index contributed by atoms with van der Waals surface area (Å²) in [6.07, 6.45) is 0.470. The summed E-state index contributed by atoms with van der Waals surface area (Å²) in [7, 11) is 3.50. The Balaban J connectivity index is 1.99. The number of halogens is 1. The molecule has 0 saturated carbocycles. The van der Waals surface area contributed by atoms with Crippen LogP contribution >= 0.6 is 0 Å². The molecule has 6 nitrogen and oxygen atoms in total. The average molecular weight is 426 g/mol. The summed E-state index contributed by atoms with van der Waals surface area (Å²) in [6.45, 7) is 3.71. The van der Waals surface area contributed by atoms with Gasteiger partial charge in [0.1, 0.15) is 6.73 Å². The lowest BCUT2D eigenvalue weighted by Gasteiger charge is -2.22. The molecule has 0 bridgehead atoms. The molecule has 3 rings (SSSR count). The summed E-state index contributed by atoms with van der Waals surface area (Å²) >= 11 is 0. The van der Waals surface area contributed by atoms with E-state index in [4.69, 9.17) is 24.9 Å². The molecule has 0 amide bonds. The fourth-order valence-corrected chi connectivity index (χ4v) is 3.43. The number of aryl methyl sites for hydroxylation is 1. The van der Waals surface area contributed by atoms with Crippen LogP contribution in [0.3, 0.4) is 0 Å². The zero-order valence-electron chi connectivity index (χ0n) is 18.3. The van der Waals surface area contributed by atoms with E-state index in [2.05, 4.69) is 0 Å². The van der Waals surface area contributed by atoms with E-state index in [-0.39, 0.29) is 19.3 Å². The summed E-state index contributed by atoms with van der Waals surface area (Å²) in [6, 6.07) is 15.3. The van der Waals surface area contributed by atoms with Crippen molar-refractivity contribution in [3.63, 3.8) is 0 Å². The number of nitrogens with two attached hydrogens (primary N) is 1. The first-order valence-electron chi connectivity index (χ1n) is 9.98. The second kappa shape index (κ2) is 10.2. The van der Waals surface area contributed by atoms with E-state index >= 15 is 0 Å². The Morgan fingerprint density at radius 1 is 1.03 bits per heavy atom. The summed E-state index contributed by atoms with van der Waals surface area (Å²) in [5, 5.41) is 0. The van der Waals surface area contributed by atoms with Crippen molar-refractivity contribution >= 4 is 11.5 Å². The molecule has 0 atom stereocenters. The van der Waals surface area contributed by atoms with Crippen molar-refractivity contribution in [2.45, 2.75) is 20.3 Å². The van der Waals surface area contributed by atoms with Crippen molar-refractivity contribution in [2.75, 3.05) is 32.6 Å². The summed E-state index contributed by atoms with van der Waals surface area (Å²) < 4.78 is 30.7. The van der Waals surface area contributed by atoms with Gasteiger partial charge in [-0.25, -0.2) is 9.37 Å². The zero-order chi connectivity index (χ0) is 22.4. The number of rotatable bonds is 9. The van der Waals surface area contributed by atoms with Crippen LogP contribution in [0.25, 0.3) is 0 Å². The molecule has 0 aliphatic carbocycles. The van der Waals surface area contributed by atoms with Crippen LogP contribution in [0.15, 0.2) is 48.5 Å². The first-order valence-corrected chi connectivity index (χ1v) is 9.98. The van der Waals surface area contributed by atoms with Crippen LogP contribution < -0.4 is 20.1 Å². The highest BCUT2D eigenvalue weighted by Gasteiger charge is 2.18. The van der Waals surface area contributed by atoms with Gasteiger partial charge in [0.25, 0.3) is 0 Å². The van der Waals surface area contributed by atoms with E-state index in [9.17, 15) is 4.39 Å². The maximum Gasteiger partial charge on any atom is 0.188 e. The van der Waals surface area contributed by atoms with Gasteiger partial charge in [-0.05, 0) is 60.9 Å². The van der Waals surface area contributed by atoms with Gasteiger partial charge in [0, 0.05) is 32.0 Å². The molecular formula is C24H28FN3O3. The summed E-state index contributed by atoms with van der Waals surface area (Å²) in [5.74, 6) is 1.03. The maximum absolute atomic E-state index is 14.7. The van der Waals surface area contributed by atoms with Gasteiger partial charge in [-0.1, -0.05) is 18.2 Å². The fraction of sp³-hybridized carbons (Fsp3) is 0.292. The zero-order valence-corrected chi connectivity index (χ0v) is 18.3. The second-order valence-electron chi connectivity index (χ2n) is 7.17. The number of pyridine rings is 1. The molecule has 3 aromatic rings. The highest BCUT2D eigenvalue weighted by atomic mass is 19.1. The quantitative estimate of drug-likeness (QED) is 0.510. The summed E-state index contributed by atoms with van der Waals surface area (Å²) in [5.41, 5.74) is 9.49. The molecule has 7 heteroatoms. The molecule has 2 aromatic carbocycles. The highest BCUT2D eigenvalue weighted by molar-refractivity contribution is 5.65. The highest BCUT2D eigenvalue weighted by Crippen LogP contribution is 2.33. The van der Waals surface area contributed by atoms with Gasteiger partial charge in [0.05, 0.1) is 0 Å². The lowest BCUT2D eigenvalue weighted by atomic mass is 9.97. The third-order valence-electron chi connectivity index (χ3n) is 5.11. The first kappa shape index (κ1) is 22.5. The second-order valence-corrected chi connectivity index (χ2v) is 7.17. The fourth-order valence-electron chi connectivity index (χ4n) is 3.43. The Bertz CT molecular complexity index is 1030. The van der Waals surface area contributed by atoms with Crippen LogP contribution in [-0.2, 0) is 11.2 Å². The first-order chi connectivity index (χ1) is 15.0. The molecule has 31 heavy (non-hydrogen) atoms. The average Bonchev–Trinajstić information content (AvgIpc) is 2.79. The van der Waals surface area contributed by atoms with E-state index in [1.165, 1.54) is 0 Å². The lowest BCUT2D eigenvalue weighted by molar-refractivity contribution is 0.0512. The number of methoxy groups -OCH3 is 1. The number of benzene rings is 2. The van der Waals surface area contributed by atoms with Gasteiger partial charge in [-0.15, -0.1) is 0 Å². The molecule has 0 saturated heterocycles. The predicted molar refractivity (Wildman–Crippen MR) is 120 cm³/mol. The number of anilines is 2. The third-order valence-corrected chi connectivity index (χ3v) is 5.11. The minimum atomic E-state index is -0.396. The molecule has 0 unspecified atom stereocenters. The molecule has 0 radical (unpaired) electrons. The van der Waals surface area contributed by atoms with E-state index in [1.807, 2.05) is 61.3 Å². The minimum Gasteiger partial charge on any atom is -0.476 e. The van der Waals surface area contributed by atoms with Gasteiger partial charge in [-0.2, -0.15) is 0 Å². The topological polar surface area (TPSA) is 69.8 Å². The molecule has 0 aliphatic rings. The Kier molecular flexibility index (Phi) is 7.44. The number of para-hydroxylation sites is 1. The monoisotopic (exact) mass is 425 g/mol. The number of aromatic nitrogens is 1. The Morgan fingerprint density at radius 2 is 1.77 bits per heavy atom. The van der Waals surface area contributed by atoms with Crippen LogP contribution in [0.1, 0.15) is 22.4 Å². The number of nitrogens with zero attached hydrogens (tertiary/aromatic N) is 2. The van der Waals surface area contributed by atoms with Crippen molar-refractivity contribution < 1.29 is 18.6 Å². The molecule has 2 N–H and O–H groups in total. The van der Waals surface area contributed by atoms with Crippen molar-refractivity contribution in [3.8, 4) is 11.5 Å². The van der Waals surface area contributed by atoms with Crippen molar-refractivity contribution in [1.29, 1.82) is 0 Å². The molecule has 0 fully saturated rings. The van der Waals surface area contributed by atoms with E-state index in [0.29, 0.717) is 23.6 Å². The van der Waals surface area contributed by atoms with Crippen molar-refractivity contribution in [1.82, 2.24) is 4.98 Å². The van der Waals surface area contributed by atoms with Crippen LogP contribution in [0, 0.1) is 19.7 Å². The van der Waals surface area contributed by atoms with Crippen LogP contribution in [0.5, 0.6) is 11.5 Å². The van der Waals surface area contributed by atoms with Crippen molar-refractivity contribution in [3.05, 3.63) is 76.7 Å². The normalized spacial score (nSPS) is 10.8. The SMILES string of the molecule is COCOc1ccc(Cc2c(C)cc(OCN)c(F)c2C)nc1N(C)c1ccccc1. The third kappa shape index (κ3) is 5.13. The van der Waals surface area contributed by atoms with Gasteiger partial charge in [0.2, 0.25) is 0 Å². The number of hydrogen-bond acceptors (Lipinski definition) is 6. The number of hydrogen-bond donors (Lipinski definition) is 1. The molecule has 0 aliphatic heterocycles. The smallest absolute Gasteiger partial charge is 0.188 e. The molecule has 1 heterocycles. The Hall–Kier alpha value is -3.16. The molecule has 164 valence electrons. The van der Waals surface area contributed by atoms with E-state index < -0.39 is 5.82 Å². The van der Waals surface area contributed by atoms with Gasteiger partial charge < -0.3 is 19.1 Å². The van der Waals surface area contributed by atoms with Crippen LogP contribution in [0.2, 0.25) is 0 Å². The molecule has 1 aromatic heterocycles. The maximum atomic E-state index is 14.7. The molecular weight excluding hydrogens is 397 g/mol. The lowest BCUT2D eigenvalue weighted by Crippen LogP contribution is -2.15. The van der Waals surface area contributed by atoms with E-state index in [0.717, 1.165) is 22.5 Å². The van der Waals surface area contributed by atoms with Gasteiger partial charge in [-0.3, -0.25) is 5.73 Å². The van der Waals surface area contributed by atoms with Crippen LogP contribution in [0.4, 0.5) is 15.9 Å². The van der Waals surface area contributed by atoms with Crippen molar-refractivity contribution in [2.24, 2.45) is 5.73 Å². The summed E-state index contributed by atoms with van der Waals surface area (Å²) in [4.78, 5) is 6.79. The number of ether oxygens (including phenoxy) is 3. The standard InChI is InChI=1S/C24H28FN3O3/c1-16-12-22(30-14-26)23(25)17(2)20(16)13-18-10-11-21(31-15-29-4)24(27-18)28(3)19-8-6-5-7-9-19/h5-12H,13-15,26H2,1-4H3. The predicted octanol–water partition coefficient (Wildman–Crippen LogP) is 4.47. The largest absolute Gasteiger partial charge is 0.476 e.